The molecule has 0 nitrogen and oxygen atoms in total. The van der Waals surface area contributed by atoms with Crippen LogP contribution in [0, 0.1) is 17.8 Å². The fraction of sp³-hybridized carbons (Fsp3) is 0.171. The second kappa shape index (κ2) is 25.9. The Morgan fingerprint density at radius 2 is 0.533 bits per heavy atom. The fourth-order valence-corrected chi connectivity index (χ4v) is 20.3. The molecule has 5 unspecified atom stereocenters. The van der Waals surface area contributed by atoms with E-state index in [1.165, 1.54) is 66.8 Å². The van der Waals surface area contributed by atoms with E-state index >= 15 is 0 Å². The third-order valence-corrected chi connectivity index (χ3v) is 22.6. The molecule has 5 heteroatoms. The van der Waals surface area contributed by atoms with E-state index in [9.17, 15) is 0 Å². The molecular weight excluding hydrogens is 1020 g/mol. The summed E-state index contributed by atoms with van der Waals surface area (Å²) in [5.41, 5.74) is 16.8. The molecule has 0 N–H and O–H groups in total. The van der Waals surface area contributed by atoms with Crippen LogP contribution in [0.4, 0.5) is 0 Å². The molecule has 0 spiro atoms. The minimum absolute atomic E-state index is 0. The SMILES string of the molecule is CC1[CH]([Ti+3])C2C=CC=CC2C1[Si](c1cc(Cc2ccccc2)cc(Cc2ccccc2)c1)(c1cc(Cc2ccccc2)cc(Cc2ccccc2)c1)c1cc(Cc2ccccc2)cc(Cc2ccccc2)c1.[Cl-].[Cl-].[Cl-]. The monoisotopic (exact) mass is 1080 g/mol. The number of benzene rings is 9. The summed E-state index contributed by atoms with van der Waals surface area (Å²) in [6.07, 6.45) is 15.2. The molecule has 372 valence electrons. The smallest absolute Gasteiger partial charge is 1.00 e. The van der Waals surface area contributed by atoms with Gasteiger partial charge in [0.25, 0.3) is 0 Å². The molecule has 0 saturated heterocycles. The van der Waals surface area contributed by atoms with Crippen LogP contribution in [0.15, 0.2) is 261 Å². The summed E-state index contributed by atoms with van der Waals surface area (Å²) >= 11 is 2.57. The van der Waals surface area contributed by atoms with Crippen LogP contribution in [0.3, 0.4) is 0 Å². The van der Waals surface area contributed by atoms with Crippen molar-refractivity contribution in [1.82, 2.24) is 0 Å². The molecule has 0 radical (unpaired) electrons. The van der Waals surface area contributed by atoms with E-state index in [1.807, 2.05) is 0 Å². The van der Waals surface area contributed by atoms with Crippen LogP contribution in [0.2, 0.25) is 9.76 Å². The summed E-state index contributed by atoms with van der Waals surface area (Å²) < 4.78 is 0.511. The molecule has 2 aliphatic rings. The molecule has 9 aromatic rings. The Kier molecular flexibility index (Phi) is 19.1. The van der Waals surface area contributed by atoms with Crippen molar-refractivity contribution in [2.24, 2.45) is 17.8 Å². The van der Waals surface area contributed by atoms with Gasteiger partial charge in [-0.15, -0.1) is 0 Å². The van der Waals surface area contributed by atoms with Crippen LogP contribution in [0.25, 0.3) is 0 Å². The van der Waals surface area contributed by atoms with Gasteiger partial charge < -0.3 is 37.2 Å². The molecule has 2 aliphatic carbocycles. The minimum atomic E-state index is -3.18. The standard InChI is InChI=1S/C70H63Si.3ClH.Ti/c1-52-36-65-34-20-21-35-69(65)70(52)71(66-46-59(37-53-22-8-2-9-23-53)43-60(47-66)38-54-24-10-3-11-25-54,67-48-61(39-55-26-12-4-13-27-55)44-62(49-67)40-56-28-14-5-15-29-56)68-50-63(41-57-30-16-6-17-31-57)45-64(51-68)42-58-32-18-7-19-33-58;;;;/h2-36,43-52,65,69-70H,37-42H2,1H3;3*1H;/q;;;;+3/p-3. The van der Waals surface area contributed by atoms with Gasteiger partial charge in [0.05, 0.1) is 0 Å². The normalized spacial score (nSPS) is 17.5. The van der Waals surface area contributed by atoms with Crippen molar-refractivity contribution in [2.45, 2.75) is 55.2 Å². The van der Waals surface area contributed by atoms with Crippen LogP contribution in [0.5, 0.6) is 0 Å². The predicted octanol–water partition coefficient (Wildman–Crippen LogP) is 5.43. The topological polar surface area (TPSA) is 0 Å². The number of hydrogen-bond donors (Lipinski definition) is 0. The van der Waals surface area contributed by atoms with Gasteiger partial charge in [0.1, 0.15) is 0 Å². The van der Waals surface area contributed by atoms with Crippen molar-refractivity contribution in [2.75, 3.05) is 0 Å². The molecule has 0 bridgehead atoms. The van der Waals surface area contributed by atoms with Gasteiger partial charge in [-0.3, -0.25) is 0 Å². The van der Waals surface area contributed by atoms with Gasteiger partial charge in [-0.05, 0) is 0 Å². The number of rotatable bonds is 16. The van der Waals surface area contributed by atoms with Crippen LogP contribution in [0.1, 0.15) is 73.7 Å². The van der Waals surface area contributed by atoms with Crippen LogP contribution < -0.4 is 52.8 Å². The molecule has 0 aliphatic heterocycles. The second-order valence-corrected chi connectivity index (χ2v) is 25.8. The zero-order chi connectivity index (χ0) is 48.7. The Hall–Kier alpha value is -5.74. The Morgan fingerprint density at radius 3 is 0.773 bits per heavy atom. The Labute approximate surface area is 478 Å². The first-order valence-electron chi connectivity index (χ1n) is 26.1. The summed E-state index contributed by atoms with van der Waals surface area (Å²) in [7, 11) is -3.18. The van der Waals surface area contributed by atoms with Crippen LogP contribution in [-0.4, -0.2) is 8.07 Å². The molecule has 11 rings (SSSR count). The van der Waals surface area contributed by atoms with Gasteiger partial charge in [0.15, 0.2) is 0 Å². The summed E-state index contributed by atoms with van der Waals surface area (Å²) in [5, 5.41) is 4.62. The molecule has 0 amide bonds. The summed E-state index contributed by atoms with van der Waals surface area (Å²) in [6.45, 7) is 2.63. The summed E-state index contributed by atoms with van der Waals surface area (Å²) in [4.78, 5) is 0. The number of hydrogen-bond acceptors (Lipinski definition) is 0. The minimum Gasteiger partial charge on any atom is -1.00 e. The predicted molar refractivity (Wildman–Crippen MR) is 301 cm³/mol. The third-order valence-electron chi connectivity index (χ3n) is 15.7. The average Bonchev–Trinajstić information content (AvgIpc) is 3.70. The molecule has 0 aromatic heterocycles. The molecule has 1 saturated carbocycles. The van der Waals surface area contributed by atoms with Crippen molar-refractivity contribution >= 4 is 23.6 Å². The Bertz CT molecular complexity index is 2800. The first-order valence-corrected chi connectivity index (χ1v) is 29.1. The van der Waals surface area contributed by atoms with Crippen LogP contribution in [-0.2, 0) is 59.0 Å². The van der Waals surface area contributed by atoms with Crippen molar-refractivity contribution in [3.05, 3.63) is 328 Å². The van der Waals surface area contributed by atoms with E-state index in [-0.39, 0.29) is 37.2 Å². The van der Waals surface area contributed by atoms with Gasteiger partial charge in [-0.1, -0.05) is 0 Å². The van der Waals surface area contributed by atoms with Gasteiger partial charge in [-0.2, -0.15) is 0 Å². The van der Waals surface area contributed by atoms with Crippen molar-refractivity contribution in [3.8, 4) is 0 Å². The zero-order valence-electron chi connectivity index (χ0n) is 42.6. The summed E-state index contributed by atoms with van der Waals surface area (Å²) in [6, 6.07) is 90.9. The summed E-state index contributed by atoms with van der Waals surface area (Å²) in [5.74, 6) is 1.29. The van der Waals surface area contributed by atoms with Gasteiger partial charge in [0, 0.05) is 0 Å². The maximum Gasteiger partial charge on any atom is -1.00 e. The zero-order valence-corrected chi connectivity index (χ0v) is 47.4. The molecule has 5 atom stereocenters. The second-order valence-electron chi connectivity index (χ2n) is 20.7. The van der Waals surface area contributed by atoms with Gasteiger partial charge in [-0.25, -0.2) is 0 Å². The van der Waals surface area contributed by atoms with E-state index in [0.29, 0.717) is 27.5 Å². The van der Waals surface area contributed by atoms with E-state index in [0.717, 1.165) is 38.5 Å². The quantitative estimate of drug-likeness (QED) is 0.0897. The Morgan fingerprint density at radius 1 is 0.307 bits per heavy atom. The Balaban J connectivity index is 0.00000249. The first-order chi connectivity index (χ1) is 35.4. The molecule has 75 heavy (non-hydrogen) atoms. The molecule has 0 heterocycles. The van der Waals surface area contributed by atoms with E-state index < -0.39 is 8.07 Å². The van der Waals surface area contributed by atoms with Crippen molar-refractivity contribution in [3.63, 3.8) is 0 Å². The van der Waals surface area contributed by atoms with Crippen molar-refractivity contribution in [1.29, 1.82) is 0 Å². The molecular formula is C70H63Cl3SiTi. The molecule has 1 fully saturated rings. The van der Waals surface area contributed by atoms with E-state index in [1.54, 1.807) is 15.6 Å². The molecule has 9 aromatic carbocycles. The maximum atomic E-state index is 2.71. The van der Waals surface area contributed by atoms with Crippen molar-refractivity contribution < 1.29 is 57.7 Å². The number of allylic oxidation sites excluding steroid dienone is 4. The van der Waals surface area contributed by atoms with Gasteiger partial charge >= 0.3 is 445 Å². The fourth-order valence-electron chi connectivity index (χ4n) is 12.6. The first kappa shape index (κ1) is 55.5. The number of fused-ring (bicyclic) bond motifs is 1. The van der Waals surface area contributed by atoms with Crippen LogP contribution >= 0.6 is 0 Å². The van der Waals surface area contributed by atoms with Gasteiger partial charge in [0.2, 0.25) is 0 Å². The third kappa shape index (κ3) is 12.8. The van der Waals surface area contributed by atoms with E-state index in [2.05, 4.69) is 288 Å². The van der Waals surface area contributed by atoms with E-state index in [4.69, 9.17) is 0 Å². The largest absolute Gasteiger partial charge is 1.00 e. The number of halogens is 3. The average molecular weight is 1090 g/mol. The maximum absolute atomic E-state index is 3.18.